The van der Waals surface area contributed by atoms with Gasteiger partial charge in [-0.2, -0.15) is 4.31 Å². The first-order valence-electron chi connectivity index (χ1n) is 16.1. The van der Waals surface area contributed by atoms with E-state index in [0.29, 0.717) is 77.6 Å². The van der Waals surface area contributed by atoms with E-state index in [-0.39, 0.29) is 50.3 Å². The smallest absolute Gasteiger partial charge is 0.239 e. The first-order chi connectivity index (χ1) is 23.0. The van der Waals surface area contributed by atoms with Gasteiger partial charge in [0.15, 0.2) is 11.5 Å². The third kappa shape index (κ3) is 8.27. The average Bonchev–Trinajstić information content (AvgIpc) is 3.06. The highest BCUT2D eigenvalue weighted by atomic mass is 32.2. The number of rotatable bonds is 6. The van der Waals surface area contributed by atoms with Crippen LogP contribution in [0.15, 0.2) is 36.4 Å². The Kier molecular flexibility index (Phi) is 11.3. The van der Waals surface area contributed by atoms with Gasteiger partial charge >= 0.3 is 0 Å². The zero-order valence-corrected chi connectivity index (χ0v) is 28.8. The van der Waals surface area contributed by atoms with E-state index in [2.05, 4.69) is 10.2 Å². The van der Waals surface area contributed by atoms with Crippen molar-refractivity contribution in [2.45, 2.75) is 38.6 Å². The fraction of sp³-hybridized carbons (Fsp3) is 0.500. The molecule has 260 valence electrons. The highest BCUT2D eigenvalue weighted by Crippen LogP contribution is 2.44. The number of sulfonamides is 1. The van der Waals surface area contributed by atoms with Gasteiger partial charge in [-0.15, -0.1) is 0 Å². The Hall–Kier alpha value is -4.17. The Morgan fingerprint density at radius 1 is 1.00 bits per heavy atom. The van der Waals surface area contributed by atoms with Crippen LogP contribution in [0, 0.1) is 11.7 Å². The molecule has 3 heterocycles. The average molecular weight is 686 g/mol. The summed E-state index contributed by atoms with van der Waals surface area (Å²) >= 11 is 0. The number of nitrogens with zero attached hydrogens (tertiary/aromatic N) is 4. The summed E-state index contributed by atoms with van der Waals surface area (Å²) in [4.78, 5) is 35.2. The molecule has 1 N–H and O–H groups in total. The zero-order chi connectivity index (χ0) is 34.4. The molecule has 14 heteroatoms. The lowest BCUT2D eigenvalue weighted by Gasteiger charge is -2.36. The molecule has 1 saturated heterocycles. The minimum atomic E-state index is -3.65. The van der Waals surface area contributed by atoms with Gasteiger partial charge in [0, 0.05) is 56.3 Å². The van der Waals surface area contributed by atoms with Gasteiger partial charge in [-0.05, 0) is 55.4 Å². The molecule has 3 aromatic rings. The molecular weight excluding hydrogens is 641 g/mol. The summed E-state index contributed by atoms with van der Waals surface area (Å²) in [5.41, 5.74) is 1.84. The largest absolute Gasteiger partial charge is 0.493 e. The van der Waals surface area contributed by atoms with Gasteiger partial charge in [0.25, 0.3) is 0 Å². The Balaban J connectivity index is 1.50. The van der Waals surface area contributed by atoms with Crippen LogP contribution in [0.25, 0.3) is 10.9 Å². The second-order valence-corrected chi connectivity index (χ2v) is 14.3. The Bertz CT molecular complexity index is 1760. The third-order valence-corrected chi connectivity index (χ3v) is 10.2. The van der Waals surface area contributed by atoms with Crippen molar-refractivity contribution in [1.82, 2.24) is 19.5 Å². The van der Waals surface area contributed by atoms with Crippen molar-refractivity contribution in [3.05, 3.63) is 53.3 Å². The zero-order valence-electron chi connectivity index (χ0n) is 28.0. The topological polar surface area (TPSA) is 131 Å². The molecule has 12 nitrogen and oxygen atoms in total. The number of ether oxygens (including phenoxy) is 3. The number of nitrogens with one attached hydrogen (secondary N) is 1. The maximum absolute atomic E-state index is 13.8. The van der Waals surface area contributed by atoms with Crippen LogP contribution in [0.4, 0.5) is 10.2 Å². The van der Waals surface area contributed by atoms with Crippen molar-refractivity contribution in [1.29, 1.82) is 0 Å². The minimum absolute atomic E-state index is 0.0457. The monoisotopic (exact) mass is 685 g/mol. The van der Waals surface area contributed by atoms with E-state index in [1.54, 1.807) is 25.3 Å². The number of hydrogen-bond donors (Lipinski definition) is 1. The number of halogens is 1. The molecule has 1 unspecified atom stereocenters. The molecule has 2 aliphatic rings. The SMILES string of the molecule is COc1cc2nc3c(cc2c(OC)c1OC)CN(S(C)(=O)=O)CCCCN(C(=O)Cc1cccc(F)c1)CC(=O)NCC1CCCN3C1. The molecule has 1 aromatic heterocycles. The first-order valence-corrected chi connectivity index (χ1v) is 18.0. The summed E-state index contributed by atoms with van der Waals surface area (Å²) in [7, 11) is 0.950. The van der Waals surface area contributed by atoms with Crippen LogP contribution in [-0.2, 0) is 32.6 Å². The van der Waals surface area contributed by atoms with E-state index in [1.165, 1.54) is 41.8 Å². The van der Waals surface area contributed by atoms with E-state index < -0.39 is 15.8 Å². The molecule has 5 rings (SSSR count). The van der Waals surface area contributed by atoms with Gasteiger partial charge in [0.1, 0.15) is 11.6 Å². The molecule has 0 aliphatic carbocycles. The number of carbonyl (C=O) groups is 2. The van der Waals surface area contributed by atoms with Crippen LogP contribution in [0.1, 0.15) is 36.8 Å². The van der Waals surface area contributed by atoms with Crippen molar-refractivity contribution in [2.24, 2.45) is 5.92 Å². The summed E-state index contributed by atoms with van der Waals surface area (Å²) < 4.78 is 58.5. The Labute approximate surface area is 281 Å². The summed E-state index contributed by atoms with van der Waals surface area (Å²) in [6.07, 6.45) is 3.77. The predicted molar refractivity (Wildman–Crippen MR) is 181 cm³/mol. The predicted octanol–water partition coefficient (Wildman–Crippen LogP) is 3.36. The van der Waals surface area contributed by atoms with E-state index in [9.17, 15) is 22.4 Å². The standard InChI is InChI=1S/C34H44FN5O7S/c1-45-29-18-28-27(32(46-2)33(29)47-3)17-25-21-40(48(4,43)44)14-6-5-12-38(31(42)16-23-9-7-11-26(35)15-23)22-30(41)36-19-24-10-8-13-39(20-24)34(25)37-28/h7,9,11,15,17-18,24H,5-6,8,10,12-14,16,19-22H2,1-4H3,(H,36,41). The van der Waals surface area contributed by atoms with E-state index >= 15 is 0 Å². The summed E-state index contributed by atoms with van der Waals surface area (Å²) in [5, 5.41) is 3.68. The number of aromatic nitrogens is 1. The number of benzene rings is 2. The number of methoxy groups -OCH3 is 3. The Morgan fingerprint density at radius 2 is 1.77 bits per heavy atom. The van der Waals surface area contributed by atoms with Crippen LogP contribution < -0.4 is 24.4 Å². The van der Waals surface area contributed by atoms with Gasteiger partial charge in [-0.3, -0.25) is 9.59 Å². The van der Waals surface area contributed by atoms with E-state index in [0.717, 1.165) is 12.8 Å². The number of pyridine rings is 1. The first kappa shape index (κ1) is 35.1. The lowest BCUT2D eigenvalue weighted by molar-refractivity contribution is -0.135. The number of carbonyl (C=O) groups excluding carboxylic acids is 2. The van der Waals surface area contributed by atoms with Gasteiger partial charge < -0.3 is 29.3 Å². The molecule has 1 fully saturated rings. The summed E-state index contributed by atoms with van der Waals surface area (Å²) in [6, 6.07) is 9.55. The minimum Gasteiger partial charge on any atom is -0.493 e. The second kappa shape index (κ2) is 15.4. The molecule has 2 aliphatic heterocycles. The quantitative estimate of drug-likeness (QED) is 0.415. The van der Waals surface area contributed by atoms with Gasteiger partial charge in [0.2, 0.25) is 27.6 Å². The van der Waals surface area contributed by atoms with Gasteiger partial charge in [-0.25, -0.2) is 17.8 Å². The highest BCUT2D eigenvalue weighted by molar-refractivity contribution is 7.88. The van der Waals surface area contributed by atoms with E-state index in [4.69, 9.17) is 19.2 Å². The van der Waals surface area contributed by atoms with Crippen LogP contribution in [-0.4, -0.2) is 101 Å². The molecular formula is C34H44FN5O7S. The van der Waals surface area contributed by atoms with Gasteiger partial charge in [-0.1, -0.05) is 12.1 Å². The normalized spacial score (nSPS) is 18.6. The lowest BCUT2D eigenvalue weighted by atomic mass is 9.97. The molecule has 2 amide bonds. The van der Waals surface area contributed by atoms with Crippen LogP contribution in [0.3, 0.4) is 0 Å². The van der Waals surface area contributed by atoms with Crippen molar-refractivity contribution < 1.29 is 36.6 Å². The number of hydrogen-bond acceptors (Lipinski definition) is 9. The maximum atomic E-state index is 13.8. The fourth-order valence-corrected chi connectivity index (χ4v) is 7.33. The van der Waals surface area contributed by atoms with Crippen molar-refractivity contribution >= 4 is 38.6 Å². The van der Waals surface area contributed by atoms with Gasteiger partial charge in [0.05, 0.1) is 46.1 Å². The molecule has 0 saturated carbocycles. The number of piperidine rings is 1. The maximum Gasteiger partial charge on any atom is 0.239 e. The van der Waals surface area contributed by atoms with Crippen molar-refractivity contribution in [3.63, 3.8) is 0 Å². The van der Waals surface area contributed by atoms with Crippen molar-refractivity contribution in [2.75, 3.05) is 71.8 Å². The molecule has 0 radical (unpaired) electrons. The Morgan fingerprint density at radius 3 is 2.48 bits per heavy atom. The molecule has 48 heavy (non-hydrogen) atoms. The molecule has 2 bridgehead atoms. The summed E-state index contributed by atoms with van der Waals surface area (Å²) in [6.45, 7) is 2.11. The molecule has 1 atom stereocenters. The number of amides is 2. The fourth-order valence-electron chi connectivity index (χ4n) is 6.49. The van der Waals surface area contributed by atoms with E-state index in [1.807, 2.05) is 6.07 Å². The van der Waals surface area contributed by atoms with Crippen LogP contribution >= 0.6 is 0 Å². The number of anilines is 1. The van der Waals surface area contributed by atoms with Crippen molar-refractivity contribution in [3.8, 4) is 17.2 Å². The summed E-state index contributed by atoms with van der Waals surface area (Å²) in [5.74, 6) is 1.07. The lowest BCUT2D eigenvalue weighted by Crippen LogP contribution is -2.46. The number of fused-ring (bicyclic) bond motifs is 5. The third-order valence-electron chi connectivity index (χ3n) is 8.92. The van der Waals surface area contributed by atoms with Crippen LogP contribution in [0.5, 0.6) is 17.2 Å². The highest BCUT2D eigenvalue weighted by Gasteiger charge is 2.29. The second-order valence-electron chi connectivity index (χ2n) is 12.4. The van der Waals surface area contributed by atoms with Crippen LogP contribution in [0.2, 0.25) is 0 Å². The molecule has 0 spiro atoms. The molecule has 2 aromatic carbocycles.